The number of halogens is 1. The zero-order valence-corrected chi connectivity index (χ0v) is 12.9. The fourth-order valence-corrected chi connectivity index (χ4v) is 2.89. The summed E-state index contributed by atoms with van der Waals surface area (Å²) >= 11 is 3.48. The highest BCUT2D eigenvalue weighted by molar-refractivity contribution is 9.10. The molecule has 0 bridgehead atoms. The number of nitrogens with zero attached hydrogens (tertiary/aromatic N) is 1. The largest absolute Gasteiger partial charge is 0.350 e. The average Bonchev–Trinajstić information content (AvgIpc) is 2.79. The number of aryl methyl sites for hydroxylation is 1. The average molecular weight is 328 g/mol. The van der Waals surface area contributed by atoms with E-state index in [-0.39, 0.29) is 5.78 Å². The maximum Gasteiger partial charge on any atom is 0.195 e. The SMILES string of the molecule is Cc1c(Br)cccc1C(=O)c1cn(C)c2ccccc12. The second-order valence-electron chi connectivity index (χ2n) is 4.91. The highest BCUT2D eigenvalue weighted by Gasteiger charge is 2.17. The second-order valence-corrected chi connectivity index (χ2v) is 5.77. The van der Waals surface area contributed by atoms with Crippen molar-refractivity contribution in [3.8, 4) is 0 Å². The smallest absolute Gasteiger partial charge is 0.195 e. The summed E-state index contributed by atoms with van der Waals surface area (Å²) in [6.45, 7) is 1.96. The molecule has 20 heavy (non-hydrogen) atoms. The van der Waals surface area contributed by atoms with E-state index in [1.54, 1.807) is 0 Å². The van der Waals surface area contributed by atoms with E-state index in [1.807, 2.05) is 67.2 Å². The monoisotopic (exact) mass is 327 g/mol. The Hall–Kier alpha value is -1.87. The van der Waals surface area contributed by atoms with Gasteiger partial charge in [0, 0.05) is 39.7 Å². The summed E-state index contributed by atoms with van der Waals surface area (Å²) in [5.74, 6) is 0.0700. The Morgan fingerprint density at radius 3 is 2.60 bits per heavy atom. The van der Waals surface area contributed by atoms with Crippen LogP contribution in [0.5, 0.6) is 0 Å². The number of benzene rings is 2. The maximum atomic E-state index is 12.8. The van der Waals surface area contributed by atoms with Gasteiger partial charge >= 0.3 is 0 Å². The molecular formula is C17H14BrNO. The van der Waals surface area contributed by atoms with Crippen molar-refractivity contribution in [2.45, 2.75) is 6.92 Å². The predicted octanol–water partition coefficient (Wildman–Crippen LogP) is 4.48. The number of aromatic nitrogens is 1. The van der Waals surface area contributed by atoms with Crippen LogP contribution in [0.1, 0.15) is 21.5 Å². The lowest BCUT2D eigenvalue weighted by Crippen LogP contribution is -2.03. The summed E-state index contributed by atoms with van der Waals surface area (Å²) in [5, 5.41) is 0.999. The van der Waals surface area contributed by atoms with E-state index in [4.69, 9.17) is 0 Å². The summed E-state index contributed by atoms with van der Waals surface area (Å²) in [5.41, 5.74) is 3.55. The second kappa shape index (κ2) is 4.91. The molecule has 0 amide bonds. The van der Waals surface area contributed by atoms with Crippen molar-refractivity contribution in [3.05, 3.63) is 69.8 Å². The van der Waals surface area contributed by atoms with Gasteiger partial charge in [0.25, 0.3) is 0 Å². The van der Waals surface area contributed by atoms with E-state index in [0.717, 1.165) is 32.1 Å². The molecule has 0 atom stereocenters. The molecule has 2 nitrogen and oxygen atoms in total. The third kappa shape index (κ3) is 1.98. The number of carbonyl (C=O) groups is 1. The summed E-state index contributed by atoms with van der Waals surface area (Å²) in [6.07, 6.45) is 1.91. The van der Waals surface area contributed by atoms with Crippen molar-refractivity contribution in [1.82, 2.24) is 4.57 Å². The van der Waals surface area contributed by atoms with Gasteiger partial charge in [-0.1, -0.05) is 46.3 Å². The number of hydrogen-bond donors (Lipinski definition) is 0. The highest BCUT2D eigenvalue weighted by Crippen LogP contribution is 2.26. The van der Waals surface area contributed by atoms with E-state index >= 15 is 0 Å². The van der Waals surface area contributed by atoms with Gasteiger partial charge in [0.15, 0.2) is 5.78 Å². The van der Waals surface area contributed by atoms with Crippen LogP contribution in [0.3, 0.4) is 0 Å². The van der Waals surface area contributed by atoms with Gasteiger partial charge in [-0.3, -0.25) is 4.79 Å². The topological polar surface area (TPSA) is 22.0 Å². The van der Waals surface area contributed by atoms with Gasteiger partial charge in [0.1, 0.15) is 0 Å². The van der Waals surface area contributed by atoms with Crippen LogP contribution in [0, 0.1) is 6.92 Å². The van der Waals surface area contributed by atoms with E-state index in [1.165, 1.54) is 0 Å². The lowest BCUT2D eigenvalue weighted by atomic mass is 9.99. The van der Waals surface area contributed by atoms with Crippen molar-refractivity contribution in [1.29, 1.82) is 0 Å². The molecule has 0 saturated heterocycles. The molecule has 0 fully saturated rings. The van der Waals surface area contributed by atoms with E-state index in [0.29, 0.717) is 0 Å². The molecule has 2 aromatic carbocycles. The standard InChI is InChI=1S/C17H14BrNO/c1-11-12(7-5-8-15(11)18)17(20)14-10-19(2)16-9-4-3-6-13(14)16/h3-10H,1-2H3. The minimum atomic E-state index is 0.0700. The minimum Gasteiger partial charge on any atom is -0.350 e. The molecular weight excluding hydrogens is 314 g/mol. The summed E-state index contributed by atoms with van der Waals surface area (Å²) in [4.78, 5) is 12.8. The Bertz CT molecular complexity index is 817. The van der Waals surface area contributed by atoms with Gasteiger partial charge in [-0.25, -0.2) is 0 Å². The molecule has 3 aromatic rings. The highest BCUT2D eigenvalue weighted by atomic mass is 79.9. The first-order valence-corrected chi connectivity index (χ1v) is 7.23. The van der Waals surface area contributed by atoms with Crippen LogP contribution in [0.4, 0.5) is 0 Å². The molecule has 0 unspecified atom stereocenters. The van der Waals surface area contributed by atoms with Crippen LogP contribution >= 0.6 is 15.9 Å². The third-order valence-electron chi connectivity index (χ3n) is 3.65. The number of para-hydroxylation sites is 1. The van der Waals surface area contributed by atoms with Crippen LogP contribution in [0.15, 0.2) is 53.1 Å². The number of carbonyl (C=O) groups excluding carboxylic acids is 1. The summed E-state index contributed by atoms with van der Waals surface area (Å²) < 4.78 is 2.96. The van der Waals surface area contributed by atoms with Crippen molar-refractivity contribution in [2.75, 3.05) is 0 Å². The first kappa shape index (κ1) is 13.1. The molecule has 0 aliphatic carbocycles. The Morgan fingerprint density at radius 1 is 1.05 bits per heavy atom. The van der Waals surface area contributed by atoms with Crippen molar-refractivity contribution < 1.29 is 4.79 Å². The van der Waals surface area contributed by atoms with Crippen LogP contribution < -0.4 is 0 Å². The Morgan fingerprint density at radius 2 is 1.80 bits per heavy atom. The molecule has 0 saturated carbocycles. The molecule has 1 heterocycles. The van der Waals surface area contributed by atoms with E-state index in [2.05, 4.69) is 15.9 Å². The Balaban J connectivity index is 2.21. The normalized spacial score (nSPS) is 10.9. The molecule has 0 radical (unpaired) electrons. The maximum absolute atomic E-state index is 12.8. The van der Waals surface area contributed by atoms with E-state index < -0.39 is 0 Å². The molecule has 0 aliphatic heterocycles. The molecule has 0 spiro atoms. The number of hydrogen-bond acceptors (Lipinski definition) is 1. The number of rotatable bonds is 2. The van der Waals surface area contributed by atoms with Crippen LogP contribution in [-0.2, 0) is 7.05 Å². The molecule has 3 heteroatoms. The lowest BCUT2D eigenvalue weighted by molar-refractivity contribution is 0.103. The van der Waals surface area contributed by atoms with Gasteiger partial charge in [0.05, 0.1) is 0 Å². The molecule has 0 N–H and O–H groups in total. The fraction of sp³-hybridized carbons (Fsp3) is 0.118. The molecule has 100 valence electrons. The van der Waals surface area contributed by atoms with E-state index in [9.17, 15) is 4.79 Å². The first-order chi connectivity index (χ1) is 9.59. The molecule has 3 rings (SSSR count). The number of fused-ring (bicyclic) bond motifs is 1. The summed E-state index contributed by atoms with van der Waals surface area (Å²) in [7, 11) is 1.97. The van der Waals surface area contributed by atoms with Crippen LogP contribution in [-0.4, -0.2) is 10.4 Å². The van der Waals surface area contributed by atoms with Crippen LogP contribution in [0.25, 0.3) is 10.9 Å². The van der Waals surface area contributed by atoms with Crippen molar-refractivity contribution in [3.63, 3.8) is 0 Å². The van der Waals surface area contributed by atoms with Gasteiger partial charge in [-0.15, -0.1) is 0 Å². The summed E-state index contributed by atoms with van der Waals surface area (Å²) in [6, 6.07) is 13.7. The third-order valence-corrected chi connectivity index (χ3v) is 4.51. The van der Waals surface area contributed by atoms with Crippen molar-refractivity contribution in [2.24, 2.45) is 7.05 Å². The van der Waals surface area contributed by atoms with Crippen molar-refractivity contribution >= 4 is 32.6 Å². The lowest BCUT2D eigenvalue weighted by Gasteiger charge is -2.05. The number of ketones is 1. The minimum absolute atomic E-state index is 0.0700. The van der Waals surface area contributed by atoms with Gasteiger partial charge < -0.3 is 4.57 Å². The Kier molecular flexibility index (Phi) is 3.22. The molecule has 1 aromatic heterocycles. The predicted molar refractivity (Wildman–Crippen MR) is 85.2 cm³/mol. The zero-order chi connectivity index (χ0) is 14.3. The van der Waals surface area contributed by atoms with Crippen LogP contribution in [0.2, 0.25) is 0 Å². The van der Waals surface area contributed by atoms with Gasteiger partial charge in [-0.2, -0.15) is 0 Å². The fourth-order valence-electron chi connectivity index (χ4n) is 2.52. The first-order valence-electron chi connectivity index (χ1n) is 6.43. The van der Waals surface area contributed by atoms with Gasteiger partial charge in [-0.05, 0) is 24.6 Å². The Labute approximate surface area is 126 Å². The molecule has 0 aliphatic rings. The van der Waals surface area contributed by atoms with Gasteiger partial charge in [0.2, 0.25) is 0 Å². The quantitative estimate of drug-likeness (QED) is 0.636. The zero-order valence-electron chi connectivity index (χ0n) is 11.4.